The number of fused-ring (bicyclic) bond motifs is 1. The highest BCUT2D eigenvalue weighted by atomic mass is 15.0. The van der Waals surface area contributed by atoms with E-state index in [1.54, 1.807) is 0 Å². The summed E-state index contributed by atoms with van der Waals surface area (Å²) in [6.45, 7) is 3.24. The van der Waals surface area contributed by atoms with Gasteiger partial charge in [0.25, 0.3) is 0 Å². The third-order valence-corrected chi connectivity index (χ3v) is 4.28. The molecule has 0 aliphatic heterocycles. The Balaban J connectivity index is 2.01. The Hall–Kier alpha value is -1.86. The number of hydrogen-bond donors (Lipinski definition) is 0. The lowest BCUT2D eigenvalue weighted by Crippen LogP contribution is -2.13. The van der Waals surface area contributed by atoms with Gasteiger partial charge in [-0.15, -0.1) is 0 Å². The van der Waals surface area contributed by atoms with E-state index in [4.69, 9.17) is 0 Å². The van der Waals surface area contributed by atoms with Crippen LogP contribution in [-0.2, 0) is 6.42 Å². The molecular formula is C20H23N. The number of benzene rings is 2. The summed E-state index contributed by atoms with van der Waals surface area (Å²) in [5.74, 6) is 0. The van der Waals surface area contributed by atoms with Crippen LogP contribution in [-0.4, -0.2) is 25.5 Å². The summed E-state index contributed by atoms with van der Waals surface area (Å²) >= 11 is 0. The van der Waals surface area contributed by atoms with Crippen molar-refractivity contribution < 1.29 is 0 Å². The maximum atomic E-state index is 2.28. The van der Waals surface area contributed by atoms with Crippen molar-refractivity contribution in [3.05, 3.63) is 70.8 Å². The quantitative estimate of drug-likeness (QED) is 0.800. The fourth-order valence-electron chi connectivity index (χ4n) is 3.08. The first-order valence-corrected chi connectivity index (χ1v) is 7.67. The van der Waals surface area contributed by atoms with Gasteiger partial charge in [-0.25, -0.2) is 0 Å². The number of allylic oxidation sites excluding steroid dienone is 1. The molecule has 0 bridgehead atoms. The van der Waals surface area contributed by atoms with Gasteiger partial charge < -0.3 is 4.90 Å². The summed E-state index contributed by atoms with van der Waals surface area (Å²) in [4.78, 5) is 2.26. The fourth-order valence-corrected chi connectivity index (χ4v) is 3.08. The van der Waals surface area contributed by atoms with E-state index in [1.165, 1.54) is 33.4 Å². The monoisotopic (exact) mass is 277 g/mol. The van der Waals surface area contributed by atoms with Crippen LogP contribution in [0.5, 0.6) is 0 Å². The van der Waals surface area contributed by atoms with E-state index in [0.29, 0.717) is 0 Å². The summed E-state index contributed by atoms with van der Waals surface area (Å²) in [6.07, 6.45) is 2.19. The second-order valence-corrected chi connectivity index (χ2v) is 6.21. The third kappa shape index (κ3) is 2.93. The van der Waals surface area contributed by atoms with Crippen LogP contribution in [0.3, 0.4) is 0 Å². The molecule has 0 aromatic heterocycles. The van der Waals surface area contributed by atoms with Gasteiger partial charge in [-0.2, -0.15) is 0 Å². The van der Waals surface area contributed by atoms with E-state index in [-0.39, 0.29) is 0 Å². The van der Waals surface area contributed by atoms with Crippen LogP contribution in [0.2, 0.25) is 0 Å². The minimum atomic E-state index is 1.07. The molecule has 0 heterocycles. The van der Waals surface area contributed by atoms with Crippen LogP contribution >= 0.6 is 0 Å². The van der Waals surface area contributed by atoms with Crippen LogP contribution in [0, 0.1) is 6.92 Å². The van der Waals surface area contributed by atoms with Gasteiger partial charge in [0, 0.05) is 6.54 Å². The van der Waals surface area contributed by atoms with E-state index in [1.807, 2.05) is 0 Å². The van der Waals surface area contributed by atoms with E-state index >= 15 is 0 Å². The van der Waals surface area contributed by atoms with Crippen molar-refractivity contribution in [2.75, 3.05) is 20.6 Å². The third-order valence-electron chi connectivity index (χ3n) is 4.28. The van der Waals surface area contributed by atoms with E-state index in [0.717, 1.165) is 19.4 Å². The van der Waals surface area contributed by atoms with Gasteiger partial charge in [0.05, 0.1) is 0 Å². The number of nitrogens with zero attached hydrogens (tertiary/aromatic N) is 1. The zero-order valence-corrected chi connectivity index (χ0v) is 13.2. The molecule has 1 aliphatic carbocycles. The van der Waals surface area contributed by atoms with Crippen molar-refractivity contribution in [1.82, 2.24) is 4.90 Å². The fraction of sp³-hybridized carbons (Fsp3) is 0.300. The SMILES string of the molecule is Cc1ccc(C2=C(CCN(C)C)c3ccccc3C2)cc1. The van der Waals surface area contributed by atoms with Gasteiger partial charge in [-0.3, -0.25) is 0 Å². The summed E-state index contributed by atoms with van der Waals surface area (Å²) < 4.78 is 0. The van der Waals surface area contributed by atoms with Crippen molar-refractivity contribution >= 4 is 11.1 Å². The Labute approximate surface area is 127 Å². The maximum absolute atomic E-state index is 2.28. The van der Waals surface area contributed by atoms with Gasteiger partial charge in [0.2, 0.25) is 0 Å². The molecule has 3 rings (SSSR count). The predicted molar refractivity (Wildman–Crippen MR) is 91.3 cm³/mol. The van der Waals surface area contributed by atoms with Crippen LogP contribution in [0.25, 0.3) is 11.1 Å². The molecule has 0 fully saturated rings. The molecule has 108 valence electrons. The zero-order chi connectivity index (χ0) is 14.8. The Morgan fingerprint density at radius 3 is 2.38 bits per heavy atom. The second kappa shape index (κ2) is 5.87. The highest BCUT2D eigenvalue weighted by Crippen LogP contribution is 2.40. The van der Waals surface area contributed by atoms with Gasteiger partial charge in [0.15, 0.2) is 0 Å². The molecule has 0 spiro atoms. The summed E-state index contributed by atoms with van der Waals surface area (Å²) in [5.41, 5.74) is 8.67. The van der Waals surface area contributed by atoms with Crippen LogP contribution in [0.15, 0.2) is 48.5 Å². The van der Waals surface area contributed by atoms with Crippen LogP contribution in [0.1, 0.15) is 28.7 Å². The maximum Gasteiger partial charge on any atom is 0.00160 e. The second-order valence-electron chi connectivity index (χ2n) is 6.21. The lowest BCUT2D eigenvalue weighted by atomic mass is 9.97. The zero-order valence-electron chi connectivity index (χ0n) is 13.2. The lowest BCUT2D eigenvalue weighted by Gasteiger charge is -2.13. The first kappa shape index (κ1) is 14.1. The average Bonchev–Trinajstić information content (AvgIpc) is 2.84. The number of hydrogen-bond acceptors (Lipinski definition) is 1. The predicted octanol–water partition coefficient (Wildman–Crippen LogP) is 4.41. The topological polar surface area (TPSA) is 3.24 Å². The van der Waals surface area contributed by atoms with E-state index < -0.39 is 0 Å². The van der Waals surface area contributed by atoms with Crippen molar-refractivity contribution in [1.29, 1.82) is 0 Å². The van der Waals surface area contributed by atoms with Gasteiger partial charge in [-0.1, -0.05) is 54.1 Å². The molecule has 0 N–H and O–H groups in total. The van der Waals surface area contributed by atoms with E-state index in [2.05, 4.69) is 74.4 Å². The van der Waals surface area contributed by atoms with Crippen LogP contribution in [0.4, 0.5) is 0 Å². The molecule has 2 aromatic carbocycles. The lowest BCUT2D eigenvalue weighted by molar-refractivity contribution is 0.420. The van der Waals surface area contributed by atoms with Crippen molar-refractivity contribution in [3.8, 4) is 0 Å². The Morgan fingerprint density at radius 1 is 0.952 bits per heavy atom. The normalized spacial score (nSPS) is 13.9. The molecule has 21 heavy (non-hydrogen) atoms. The molecule has 0 amide bonds. The highest BCUT2D eigenvalue weighted by molar-refractivity contribution is 5.97. The summed E-state index contributed by atoms with van der Waals surface area (Å²) in [6, 6.07) is 17.8. The van der Waals surface area contributed by atoms with Gasteiger partial charge >= 0.3 is 0 Å². The smallest absolute Gasteiger partial charge is 0.00160 e. The molecule has 0 unspecified atom stereocenters. The first-order chi connectivity index (χ1) is 10.1. The molecule has 0 saturated carbocycles. The number of aryl methyl sites for hydroxylation is 1. The van der Waals surface area contributed by atoms with Gasteiger partial charge in [0.1, 0.15) is 0 Å². The minimum Gasteiger partial charge on any atom is -0.309 e. The van der Waals surface area contributed by atoms with Crippen molar-refractivity contribution in [2.24, 2.45) is 0 Å². The van der Waals surface area contributed by atoms with Gasteiger partial charge in [-0.05, 0) is 61.7 Å². The molecule has 1 nitrogen and oxygen atoms in total. The Morgan fingerprint density at radius 2 is 1.67 bits per heavy atom. The molecule has 1 heteroatoms. The van der Waals surface area contributed by atoms with Crippen molar-refractivity contribution in [2.45, 2.75) is 19.8 Å². The van der Waals surface area contributed by atoms with E-state index in [9.17, 15) is 0 Å². The Kier molecular flexibility index (Phi) is 3.94. The molecule has 1 aliphatic rings. The molecule has 0 atom stereocenters. The Bertz CT molecular complexity index is 662. The largest absolute Gasteiger partial charge is 0.309 e. The molecule has 0 radical (unpaired) electrons. The minimum absolute atomic E-state index is 1.07. The number of rotatable bonds is 4. The standard InChI is InChI=1S/C20H23N/c1-15-8-10-16(11-9-15)20-14-17-6-4-5-7-18(17)19(20)12-13-21(2)3/h4-11H,12-14H2,1-3H3. The van der Waals surface area contributed by atoms with Crippen molar-refractivity contribution in [3.63, 3.8) is 0 Å². The molecule has 2 aromatic rings. The highest BCUT2D eigenvalue weighted by Gasteiger charge is 2.21. The average molecular weight is 277 g/mol. The van der Waals surface area contributed by atoms with Crippen LogP contribution < -0.4 is 0 Å². The first-order valence-electron chi connectivity index (χ1n) is 7.67. The molecule has 0 saturated heterocycles. The summed E-state index contributed by atoms with van der Waals surface area (Å²) in [5, 5.41) is 0. The summed E-state index contributed by atoms with van der Waals surface area (Å²) in [7, 11) is 4.29. The molecular weight excluding hydrogens is 254 g/mol.